The van der Waals surface area contributed by atoms with Crippen molar-refractivity contribution in [3.63, 3.8) is 0 Å². The van der Waals surface area contributed by atoms with Crippen LogP contribution in [0.25, 0.3) is 0 Å². The molecule has 19 heavy (non-hydrogen) atoms. The van der Waals surface area contributed by atoms with Crippen LogP contribution in [0.4, 0.5) is 14.5 Å². The molecule has 0 radical (unpaired) electrons. The van der Waals surface area contributed by atoms with Crippen LogP contribution in [0.1, 0.15) is 10.4 Å². The fourth-order valence-electron chi connectivity index (χ4n) is 1.62. The number of carbonyl (C=O) groups excluding carboxylic acids is 1. The van der Waals surface area contributed by atoms with Crippen LogP contribution >= 0.6 is 0 Å². The average molecular weight is 263 g/mol. The van der Waals surface area contributed by atoms with Gasteiger partial charge >= 0.3 is 0 Å². The van der Waals surface area contributed by atoms with Crippen molar-refractivity contribution < 1.29 is 18.3 Å². The van der Waals surface area contributed by atoms with Gasteiger partial charge in [0.05, 0.1) is 18.4 Å². The van der Waals surface area contributed by atoms with Crippen molar-refractivity contribution in [1.29, 1.82) is 0 Å². The number of para-hydroxylation sites is 2. The zero-order chi connectivity index (χ0) is 13.8. The molecule has 0 unspecified atom stereocenters. The van der Waals surface area contributed by atoms with E-state index in [-0.39, 0.29) is 5.56 Å². The van der Waals surface area contributed by atoms with Crippen molar-refractivity contribution in [2.75, 3.05) is 12.4 Å². The number of carbonyl (C=O) groups is 1. The smallest absolute Gasteiger partial charge is 0.258 e. The van der Waals surface area contributed by atoms with Gasteiger partial charge in [-0.05, 0) is 24.3 Å². The highest BCUT2D eigenvalue weighted by atomic mass is 19.2. The maximum atomic E-state index is 13.5. The van der Waals surface area contributed by atoms with Gasteiger partial charge in [-0.3, -0.25) is 4.79 Å². The van der Waals surface area contributed by atoms with Gasteiger partial charge in [0, 0.05) is 0 Å². The lowest BCUT2D eigenvalue weighted by Crippen LogP contribution is -2.15. The van der Waals surface area contributed by atoms with Gasteiger partial charge in [-0.25, -0.2) is 8.78 Å². The van der Waals surface area contributed by atoms with E-state index in [0.717, 1.165) is 6.07 Å². The Hall–Kier alpha value is -2.43. The minimum absolute atomic E-state index is 0.356. The lowest BCUT2D eigenvalue weighted by Gasteiger charge is -2.10. The summed E-state index contributed by atoms with van der Waals surface area (Å²) in [6.45, 7) is 0. The van der Waals surface area contributed by atoms with Gasteiger partial charge < -0.3 is 10.1 Å². The van der Waals surface area contributed by atoms with Crippen LogP contribution in [0.5, 0.6) is 5.75 Å². The lowest BCUT2D eigenvalue weighted by molar-refractivity contribution is 0.102. The Balaban J connectivity index is 2.28. The first-order valence-corrected chi connectivity index (χ1v) is 5.52. The Labute approximate surface area is 108 Å². The third-order valence-electron chi connectivity index (χ3n) is 2.55. The van der Waals surface area contributed by atoms with E-state index in [1.54, 1.807) is 24.3 Å². The summed E-state index contributed by atoms with van der Waals surface area (Å²) in [6, 6.07) is 10.1. The SMILES string of the molecule is COc1ccccc1NC(=O)c1cccc(F)c1F. The molecule has 98 valence electrons. The summed E-state index contributed by atoms with van der Waals surface area (Å²) in [5.41, 5.74) is 0.0320. The summed E-state index contributed by atoms with van der Waals surface area (Å²) in [4.78, 5) is 11.9. The summed E-state index contributed by atoms with van der Waals surface area (Å²) >= 11 is 0. The molecule has 0 fully saturated rings. The second-order valence-electron chi connectivity index (χ2n) is 3.76. The second-order valence-corrected chi connectivity index (χ2v) is 3.76. The summed E-state index contributed by atoms with van der Waals surface area (Å²) in [6.07, 6.45) is 0. The molecule has 0 aliphatic carbocycles. The number of nitrogens with one attached hydrogen (secondary N) is 1. The Bertz CT molecular complexity index is 614. The standard InChI is InChI=1S/C14H11F2NO2/c1-19-12-8-3-2-7-11(12)17-14(18)9-5-4-6-10(15)13(9)16/h2-8H,1H3,(H,17,18). The maximum Gasteiger partial charge on any atom is 0.258 e. The quantitative estimate of drug-likeness (QED) is 0.923. The number of halogens is 2. The molecule has 3 nitrogen and oxygen atoms in total. The van der Waals surface area contributed by atoms with Crippen LogP contribution in [-0.4, -0.2) is 13.0 Å². The minimum Gasteiger partial charge on any atom is -0.495 e. The summed E-state index contributed by atoms with van der Waals surface area (Å²) < 4.78 is 31.6. The molecule has 0 saturated carbocycles. The van der Waals surface area contributed by atoms with E-state index in [2.05, 4.69) is 5.32 Å². The number of hydrogen-bond acceptors (Lipinski definition) is 2. The van der Waals surface area contributed by atoms with Gasteiger partial charge in [-0.15, -0.1) is 0 Å². The van der Waals surface area contributed by atoms with E-state index in [4.69, 9.17) is 4.74 Å². The highest BCUT2D eigenvalue weighted by Gasteiger charge is 2.16. The molecule has 0 aromatic heterocycles. The molecule has 2 aromatic carbocycles. The third-order valence-corrected chi connectivity index (χ3v) is 2.55. The Morgan fingerprint density at radius 2 is 1.84 bits per heavy atom. The first-order chi connectivity index (χ1) is 9.13. The number of benzene rings is 2. The second kappa shape index (κ2) is 5.48. The topological polar surface area (TPSA) is 38.3 Å². The summed E-state index contributed by atoms with van der Waals surface area (Å²) in [5.74, 6) is -2.53. The number of hydrogen-bond donors (Lipinski definition) is 1. The summed E-state index contributed by atoms with van der Waals surface area (Å²) in [5, 5.41) is 2.48. The molecule has 2 aromatic rings. The molecule has 0 spiro atoms. The Morgan fingerprint density at radius 1 is 1.11 bits per heavy atom. The molecular formula is C14H11F2NO2. The van der Waals surface area contributed by atoms with Crippen LogP contribution in [0.2, 0.25) is 0 Å². The van der Waals surface area contributed by atoms with E-state index in [1.807, 2.05) is 0 Å². The fourth-order valence-corrected chi connectivity index (χ4v) is 1.62. The highest BCUT2D eigenvalue weighted by Crippen LogP contribution is 2.24. The van der Waals surface area contributed by atoms with Crippen LogP contribution in [0, 0.1) is 11.6 Å². The molecule has 0 bridgehead atoms. The van der Waals surface area contributed by atoms with E-state index in [9.17, 15) is 13.6 Å². The van der Waals surface area contributed by atoms with E-state index < -0.39 is 17.5 Å². The Morgan fingerprint density at radius 3 is 2.58 bits per heavy atom. The third kappa shape index (κ3) is 2.70. The molecule has 1 N–H and O–H groups in total. The molecule has 0 atom stereocenters. The number of ether oxygens (including phenoxy) is 1. The van der Waals surface area contributed by atoms with Crippen molar-refractivity contribution >= 4 is 11.6 Å². The molecule has 0 saturated heterocycles. The maximum absolute atomic E-state index is 13.5. The number of amides is 1. The first kappa shape index (κ1) is 13.0. The van der Waals surface area contributed by atoms with E-state index >= 15 is 0 Å². The normalized spacial score (nSPS) is 10.1. The highest BCUT2D eigenvalue weighted by molar-refractivity contribution is 6.05. The predicted octanol–water partition coefficient (Wildman–Crippen LogP) is 3.23. The van der Waals surface area contributed by atoms with Crippen molar-refractivity contribution in [2.45, 2.75) is 0 Å². The largest absolute Gasteiger partial charge is 0.495 e. The fraction of sp³-hybridized carbons (Fsp3) is 0.0714. The summed E-state index contributed by atoms with van der Waals surface area (Å²) in [7, 11) is 1.45. The van der Waals surface area contributed by atoms with E-state index in [0.29, 0.717) is 11.4 Å². The van der Waals surface area contributed by atoms with E-state index in [1.165, 1.54) is 19.2 Å². The van der Waals surface area contributed by atoms with Gasteiger partial charge in [0.1, 0.15) is 5.75 Å². The van der Waals surface area contributed by atoms with Gasteiger partial charge in [0.2, 0.25) is 0 Å². The lowest BCUT2D eigenvalue weighted by atomic mass is 10.2. The van der Waals surface area contributed by atoms with Crippen LogP contribution in [0.3, 0.4) is 0 Å². The zero-order valence-electron chi connectivity index (χ0n) is 10.1. The van der Waals surface area contributed by atoms with Crippen molar-refractivity contribution in [3.8, 4) is 5.75 Å². The molecule has 1 amide bonds. The molecule has 2 rings (SSSR count). The van der Waals surface area contributed by atoms with Crippen LogP contribution in [0.15, 0.2) is 42.5 Å². The Kier molecular flexibility index (Phi) is 3.75. The van der Waals surface area contributed by atoms with Crippen molar-refractivity contribution in [2.24, 2.45) is 0 Å². The van der Waals surface area contributed by atoms with Gasteiger partial charge in [-0.2, -0.15) is 0 Å². The van der Waals surface area contributed by atoms with Crippen molar-refractivity contribution in [3.05, 3.63) is 59.7 Å². The van der Waals surface area contributed by atoms with Gasteiger partial charge in [0.25, 0.3) is 5.91 Å². The molecule has 0 aliphatic heterocycles. The minimum atomic E-state index is -1.17. The molecular weight excluding hydrogens is 252 g/mol. The predicted molar refractivity (Wildman–Crippen MR) is 67.3 cm³/mol. The zero-order valence-corrected chi connectivity index (χ0v) is 10.1. The molecule has 0 heterocycles. The number of methoxy groups -OCH3 is 1. The van der Waals surface area contributed by atoms with Crippen LogP contribution < -0.4 is 10.1 Å². The van der Waals surface area contributed by atoms with Crippen molar-refractivity contribution in [1.82, 2.24) is 0 Å². The van der Waals surface area contributed by atoms with Crippen LogP contribution in [-0.2, 0) is 0 Å². The molecule has 5 heteroatoms. The van der Waals surface area contributed by atoms with Gasteiger partial charge in [-0.1, -0.05) is 18.2 Å². The first-order valence-electron chi connectivity index (χ1n) is 5.52. The number of anilines is 1. The average Bonchev–Trinajstić information content (AvgIpc) is 2.42. The monoisotopic (exact) mass is 263 g/mol. The van der Waals surface area contributed by atoms with Gasteiger partial charge in [0.15, 0.2) is 11.6 Å². The number of rotatable bonds is 3. The molecule has 0 aliphatic rings.